The van der Waals surface area contributed by atoms with Crippen LogP contribution < -0.4 is 0 Å². The minimum atomic E-state index is -1.86. The standard InChI is InChI=1S/C20H24O4Si/c1-23-20(22)17-12-10-16(11-13-17)19(24-25(2,3)4)14-18(21)15-8-6-5-7-9-15/h5-13,19H,14H2,1-4H3. The van der Waals surface area contributed by atoms with Crippen LogP contribution in [0.3, 0.4) is 0 Å². The van der Waals surface area contributed by atoms with Gasteiger partial charge in [0.15, 0.2) is 14.1 Å². The van der Waals surface area contributed by atoms with Crippen molar-refractivity contribution < 1.29 is 18.8 Å². The number of esters is 1. The molecule has 0 aliphatic rings. The third-order valence-corrected chi connectivity index (χ3v) is 4.66. The van der Waals surface area contributed by atoms with Crippen LogP contribution in [0.4, 0.5) is 0 Å². The number of Topliss-reactive ketones (excluding diaryl/α,β-unsaturated/α-hetero) is 1. The predicted octanol–water partition coefficient (Wildman–Crippen LogP) is 4.64. The van der Waals surface area contributed by atoms with Crippen molar-refractivity contribution in [3.63, 3.8) is 0 Å². The van der Waals surface area contributed by atoms with Gasteiger partial charge in [-0.05, 0) is 37.3 Å². The summed E-state index contributed by atoms with van der Waals surface area (Å²) in [6.07, 6.45) is -0.0580. The molecular weight excluding hydrogens is 332 g/mol. The summed E-state index contributed by atoms with van der Waals surface area (Å²) >= 11 is 0. The Bertz CT molecular complexity index is 718. The second-order valence-electron chi connectivity index (χ2n) is 6.83. The SMILES string of the molecule is COC(=O)c1ccc(C(CC(=O)c2ccccc2)O[Si](C)(C)C)cc1. The molecular formula is C20H24O4Si. The van der Waals surface area contributed by atoms with Gasteiger partial charge in [0, 0.05) is 12.0 Å². The first kappa shape index (κ1) is 19.1. The summed E-state index contributed by atoms with van der Waals surface area (Å²) in [7, 11) is -0.504. The van der Waals surface area contributed by atoms with Crippen LogP contribution in [0.1, 0.15) is 38.8 Å². The monoisotopic (exact) mass is 356 g/mol. The van der Waals surface area contributed by atoms with Crippen molar-refractivity contribution in [2.24, 2.45) is 0 Å². The number of hydrogen-bond acceptors (Lipinski definition) is 4. The molecule has 5 heteroatoms. The molecule has 132 valence electrons. The molecule has 4 nitrogen and oxygen atoms in total. The Morgan fingerprint density at radius 3 is 2.04 bits per heavy atom. The van der Waals surface area contributed by atoms with E-state index in [1.807, 2.05) is 42.5 Å². The molecule has 0 bridgehead atoms. The molecule has 0 amide bonds. The van der Waals surface area contributed by atoms with E-state index in [1.165, 1.54) is 7.11 Å². The van der Waals surface area contributed by atoms with E-state index >= 15 is 0 Å². The van der Waals surface area contributed by atoms with Crippen LogP contribution in [-0.2, 0) is 9.16 Å². The summed E-state index contributed by atoms with van der Waals surface area (Å²) in [4.78, 5) is 24.2. The van der Waals surface area contributed by atoms with Gasteiger partial charge >= 0.3 is 5.97 Å². The van der Waals surface area contributed by atoms with E-state index in [-0.39, 0.29) is 24.3 Å². The van der Waals surface area contributed by atoms with Crippen molar-refractivity contribution in [3.8, 4) is 0 Å². The second-order valence-corrected chi connectivity index (χ2v) is 11.3. The molecule has 0 aliphatic heterocycles. The maximum absolute atomic E-state index is 12.6. The van der Waals surface area contributed by atoms with Crippen molar-refractivity contribution >= 4 is 20.1 Å². The van der Waals surface area contributed by atoms with E-state index in [9.17, 15) is 9.59 Å². The first-order chi connectivity index (χ1) is 11.8. The third-order valence-electron chi connectivity index (χ3n) is 3.67. The van der Waals surface area contributed by atoms with Crippen LogP contribution in [-0.4, -0.2) is 27.2 Å². The highest BCUT2D eigenvalue weighted by atomic mass is 28.4. The zero-order valence-corrected chi connectivity index (χ0v) is 16.1. The fraction of sp³-hybridized carbons (Fsp3) is 0.300. The van der Waals surface area contributed by atoms with Gasteiger partial charge in [0.05, 0.1) is 18.8 Å². The first-order valence-corrected chi connectivity index (χ1v) is 11.7. The summed E-state index contributed by atoms with van der Waals surface area (Å²) in [6, 6.07) is 16.3. The van der Waals surface area contributed by atoms with Crippen molar-refractivity contribution in [2.45, 2.75) is 32.2 Å². The van der Waals surface area contributed by atoms with Gasteiger partial charge in [-0.15, -0.1) is 0 Å². The van der Waals surface area contributed by atoms with Gasteiger partial charge in [-0.3, -0.25) is 4.79 Å². The summed E-state index contributed by atoms with van der Waals surface area (Å²) in [5.74, 6) is -0.338. The van der Waals surface area contributed by atoms with Crippen molar-refractivity contribution in [1.29, 1.82) is 0 Å². The van der Waals surface area contributed by atoms with E-state index in [4.69, 9.17) is 9.16 Å². The third kappa shape index (κ3) is 5.65. The highest BCUT2D eigenvalue weighted by Gasteiger charge is 2.25. The summed E-state index contributed by atoms with van der Waals surface area (Å²) in [5.41, 5.74) is 2.05. The quantitative estimate of drug-likeness (QED) is 0.412. The largest absolute Gasteiger partial charge is 0.465 e. The molecule has 0 heterocycles. The highest BCUT2D eigenvalue weighted by molar-refractivity contribution is 6.69. The van der Waals surface area contributed by atoms with Gasteiger partial charge < -0.3 is 9.16 Å². The first-order valence-electron chi connectivity index (χ1n) is 8.24. The summed E-state index contributed by atoms with van der Waals surface area (Å²) in [6.45, 7) is 6.28. The zero-order chi connectivity index (χ0) is 18.4. The number of carbonyl (C=O) groups is 2. The topological polar surface area (TPSA) is 52.6 Å². The maximum atomic E-state index is 12.6. The van der Waals surface area contributed by atoms with Crippen LogP contribution in [0.2, 0.25) is 19.6 Å². The lowest BCUT2D eigenvalue weighted by Gasteiger charge is -2.26. The predicted molar refractivity (Wildman–Crippen MR) is 100 cm³/mol. The number of rotatable bonds is 7. The lowest BCUT2D eigenvalue weighted by molar-refractivity contribution is 0.0600. The molecule has 0 aromatic heterocycles. The smallest absolute Gasteiger partial charge is 0.337 e. The summed E-state index contributed by atoms with van der Waals surface area (Å²) in [5, 5.41) is 0. The zero-order valence-electron chi connectivity index (χ0n) is 15.1. The molecule has 0 spiro atoms. The molecule has 0 saturated heterocycles. The lowest BCUT2D eigenvalue weighted by Crippen LogP contribution is -2.29. The van der Waals surface area contributed by atoms with E-state index in [1.54, 1.807) is 12.1 Å². The molecule has 0 aliphatic carbocycles. The van der Waals surface area contributed by atoms with Gasteiger partial charge in [-0.2, -0.15) is 0 Å². The van der Waals surface area contributed by atoms with E-state index in [0.717, 1.165) is 5.56 Å². The minimum Gasteiger partial charge on any atom is -0.465 e. The fourth-order valence-electron chi connectivity index (χ4n) is 2.52. The van der Waals surface area contributed by atoms with Gasteiger partial charge in [-0.25, -0.2) is 4.79 Å². The van der Waals surface area contributed by atoms with Crippen LogP contribution in [0, 0.1) is 0 Å². The molecule has 2 aromatic rings. The van der Waals surface area contributed by atoms with E-state index < -0.39 is 8.32 Å². The molecule has 25 heavy (non-hydrogen) atoms. The molecule has 2 rings (SSSR count). The average molecular weight is 356 g/mol. The Morgan fingerprint density at radius 2 is 1.52 bits per heavy atom. The average Bonchev–Trinajstić information content (AvgIpc) is 2.60. The lowest BCUT2D eigenvalue weighted by atomic mass is 9.99. The van der Waals surface area contributed by atoms with E-state index in [0.29, 0.717) is 11.1 Å². The molecule has 0 radical (unpaired) electrons. The molecule has 2 aromatic carbocycles. The maximum Gasteiger partial charge on any atom is 0.337 e. The van der Waals surface area contributed by atoms with Crippen molar-refractivity contribution in [3.05, 3.63) is 71.3 Å². The minimum absolute atomic E-state index is 0.0425. The number of ether oxygens (including phenoxy) is 1. The Labute approximate surface area is 149 Å². The Hall–Kier alpha value is -2.24. The molecule has 0 saturated carbocycles. The van der Waals surface area contributed by atoms with Crippen LogP contribution in [0.5, 0.6) is 0 Å². The molecule has 1 unspecified atom stereocenters. The number of methoxy groups -OCH3 is 1. The van der Waals surface area contributed by atoms with Crippen molar-refractivity contribution in [2.75, 3.05) is 7.11 Å². The Morgan fingerprint density at radius 1 is 0.920 bits per heavy atom. The number of ketones is 1. The number of hydrogen-bond donors (Lipinski definition) is 0. The summed E-state index contributed by atoms with van der Waals surface area (Å²) < 4.78 is 11.0. The number of carbonyl (C=O) groups excluding carboxylic acids is 2. The molecule has 0 N–H and O–H groups in total. The molecule has 1 atom stereocenters. The van der Waals surface area contributed by atoms with Crippen molar-refractivity contribution in [1.82, 2.24) is 0 Å². The van der Waals surface area contributed by atoms with E-state index in [2.05, 4.69) is 19.6 Å². The van der Waals surface area contributed by atoms with Crippen LogP contribution in [0.25, 0.3) is 0 Å². The molecule has 0 fully saturated rings. The van der Waals surface area contributed by atoms with Gasteiger partial charge in [-0.1, -0.05) is 42.5 Å². The van der Waals surface area contributed by atoms with Gasteiger partial charge in [0.25, 0.3) is 0 Å². The van der Waals surface area contributed by atoms with Crippen LogP contribution >= 0.6 is 0 Å². The fourth-order valence-corrected chi connectivity index (χ4v) is 3.59. The Balaban J connectivity index is 2.23. The number of benzene rings is 2. The van der Waals surface area contributed by atoms with Gasteiger partial charge in [0.1, 0.15) is 0 Å². The second kappa shape index (κ2) is 8.23. The normalized spacial score (nSPS) is 12.5. The van der Waals surface area contributed by atoms with Gasteiger partial charge in [0.2, 0.25) is 0 Å². The van der Waals surface area contributed by atoms with Crippen LogP contribution in [0.15, 0.2) is 54.6 Å². The highest BCUT2D eigenvalue weighted by Crippen LogP contribution is 2.27. The Kier molecular flexibility index (Phi) is 6.28.